The molecule has 3 heterocycles. The van der Waals surface area contributed by atoms with Crippen LogP contribution in [0.5, 0.6) is 0 Å². The molecule has 0 bridgehead atoms. The topological polar surface area (TPSA) is 81.0 Å². The number of nitrogens with zero attached hydrogens (tertiary/aromatic N) is 3. The summed E-state index contributed by atoms with van der Waals surface area (Å²) in [6.07, 6.45) is 1.47. The lowest BCUT2D eigenvalue weighted by molar-refractivity contribution is -0.0440. The number of thiazole rings is 1. The maximum Gasteiger partial charge on any atom is 0.281 e. The number of rotatable bonds is 2. The molecule has 0 N–H and O–H groups in total. The van der Waals surface area contributed by atoms with Gasteiger partial charge in [0.15, 0.2) is 4.96 Å². The predicted molar refractivity (Wildman–Crippen MR) is 95.6 cm³/mol. The van der Waals surface area contributed by atoms with Crippen LogP contribution in [0.1, 0.15) is 13.8 Å². The Hall–Kier alpha value is -1.81. The molecule has 0 saturated carbocycles. The van der Waals surface area contributed by atoms with Gasteiger partial charge in [-0.25, -0.2) is 8.42 Å². The van der Waals surface area contributed by atoms with E-state index in [1.807, 2.05) is 25.4 Å². The van der Waals surface area contributed by atoms with E-state index in [1.54, 1.807) is 16.5 Å². The summed E-state index contributed by atoms with van der Waals surface area (Å²) in [7, 11) is -3.70. The zero-order chi connectivity index (χ0) is 17.8. The molecule has 4 rings (SSSR count). The maximum atomic E-state index is 13.0. The van der Waals surface area contributed by atoms with Crippen molar-refractivity contribution in [2.75, 3.05) is 13.1 Å². The molecular formula is C16H17N3O4S2. The minimum Gasteiger partial charge on any atom is -0.373 e. The van der Waals surface area contributed by atoms with E-state index >= 15 is 0 Å². The van der Waals surface area contributed by atoms with Crippen LogP contribution in [0.2, 0.25) is 0 Å². The van der Waals surface area contributed by atoms with E-state index in [0.717, 1.165) is 0 Å². The highest BCUT2D eigenvalue weighted by atomic mass is 32.2. The number of hydrogen-bond acceptors (Lipinski definition) is 6. The summed E-state index contributed by atoms with van der Waals surface area (Å²) in [5.41, 5.74) is 0.233. The summed E-state index contributed by atoms with van der Waals surface area (Å²) < 4.78 is 34.8. The fourth-order valence-electron chi connectivity index (χ4n) is 3.22. The van der Waals surface area contributed by atoms with Crippen molar-refractivity contribution < 1.29 is 13.2 Å². The number of benzene rings is 1. The number of hydrogen-bond donors (Lipinski definition) is 0. The normalized spacial score (nSPS) is 22.6. The van der Waals surface area contributed by atoms with Gasteiger partial charge >= 0.3 is 0 Å². The number of ether oxygens (including phenoxy) is 1. The first-order valence-electron chi connectivity index (χ1n) is 7.91. The zero-order valence-corrected chi connectivity index (χ0v) is 15.4. The molecule has 1 aromatic carbocycles. The highest BCUT2D eigenvalue weighted by molar-refractivity contribution is 7.89. The first kappa shape index (κ1) is 16.6. The van der Waals surface area contributed by atoms with Gasteiger partial charge in [-0.2, -0.15) is 9.29 Å². The highest BCUT2D eigenvalue weighted by Crippen LogP contribution is 2.24. The van der Waals surface area contributed by atoms with Crippen LogP contribution in [-0.2, 0) is 14.8 Å². The van der Waals surface area contributed by atoms with Crippen molar-refractivity contribution in [1.82, 2.24) is 13.7 Å². The van der Waals surface area contributed by atoms with Crippen LogP contribution in [0.15, 0.2) is 39.5 Å². The molecule has 7 nitrogen and oxygen atoms in total. The molecule has 9 heteroatoms. The summed E-state index contributed by atoms with van der Waals surface area (Å²) in [5, 5.41) is 2.13. The van der Waals surface area contributed by atoms with Crippen molar-refractivity contribution in [3.63, 3.8) is 0 Å². The van der Waals surface area contributed by atoms with E-state index in [9.17, 15) is 13.2 Å². The van der Waals surface area contributed by atoms with Gasteiger partial charge in [-0.15, -0.1) is 11.3 Å². The van der Waals surface area contributed by atoms with Gasteiger partial charge in [0.25, 0.3) is 5.56 Å². The largest absolute Gasteiger partial charge is 0.373 e. The average molecular weight is 379 g/mol. The Morgan fingerprint density at radius 2 is 1.96 bits per heavy atom. The minimum atomic E-state index is -3.70. The molecule has 0 aliphatic carbocycles. The molecule has 1 aliphatic rings. The number of morpholine rings is 1. The predicted octanol–water partition coefficient (Wildman–Crippen LogP) is 1.71. The van der Waals surface area contributed by atoms with Crippen molar-refractivity contribution in [2.45, 2.75) is 31.0 Å². The Kier molecular flexibility index (Phi) is 3.91. The third-order valence-corrected chi connectivity index (χ3v) is 6.85. The first-order valence-corrected chi connectivity index (χ1v) is 10.2. The van der Waals surface area contributed by atoms with Crippen LogP contribution in [-0.4, -0.2) is 47.4 Å². The van der Waals surface area contributed by atoms with Gasteiger partial charge in [-0.05, 0) is 32.0 Å². The molecule has 0 unspecified atom stereocenters. The number of aromatic nitrogens is 2. The van der Waals surface area contributed by atoms with Gasteiger partial charge in [0.1, 0.15) is 0 Å². The van der Waals surface area contributed by atoms with E-state index in [4.69, 9.17) is 4.74 Å². The van der Waals surface area contributed by atoms with Crippen LogP contribution in [0.4, 0.5) is 0 Å². The van der Waals surface area contributed by atoms with Crippen molar-refractivity contribution in [2.24, 2.45) is 0 Å². The zero-order valence-electron chi connectivity index (χ0n) is 13.7. The van der Waals surface area contributed by atoms with E-state index in [1.165, 1.54) is 21.7 Å². The highest BCUT2D eigenvalue weighted by Gasteiger charge is 2.32. The molecule has 0 spiro atoms. The fraction of sp³-hybridized carbons (Fsp3) is 0.375. The van der Waals surface area contributed by atoms with Crippen molar-refractivity contribution in [3.8, 4) is 0 Å². The third kappa shape index (κ3) is 2.77. The summed E-state index contributed by atoms with van der Waals surface area (Å²) in [6, 6.07) is 4.64. The molecular weight excluding hydrogens is 362 g/mol. The smallest absolute Gasteiger partial charge is 0.281 e. The Bertz CT molecular complexity index is 1110. The molecule has 2 aromatic heterocycles. The van der Waals surface area contributed by atoms with Gasteiger partial charge in [0, 0.05) is 24.7 Å². The van der Waals surface area contributed by atoms with Crippen LogP contribution in [0.25, 0.3) is 15.9 Å². The second-order valence-corrected chi connectivity index (χ2v) is 9.04. The summed E-state index contributed by atoms with van der Waals surface area (Å²) in [4.78, 5) is 17.0. The van der Waals surface area contributed by atoms with Crippen LogP contribution >= 0.6 is 11.3 Å². The Morgan fingerprint density at radius 1 is 1.24 bits per heavy atom. The molecule has 3 aromatic rings. The summed E-state index contributed by atoms with van der Waals surface area (Å²) in [5.74, 6) is 0. The fourth-order valence-corrected chi connectivity index (χ4v) is 5.55. The van der Waals surface area contributed by atoms with E-state index in [-0.39, 0.29) is 17.1 Å². The SMILES string of the molecule is C[C@@H]1CN(S(=O)(=O)c2ccc3c(c2)c(=O)nc2sccn23)C[C@H](C)O1. The van der Waals surface area contributed by atoms with Crippen LogP contribution in [0.3, 0.4) is 0 Å². The number of fused-ring (bicyclic) bond motifs is 3. The standard InChI is InChI=1S/C16H17N3O4S2/c1-10-8-18(9-11(2)23-10)25(21,22)12-3-4-14-13(7-12)15(20)17-16-19(14)5-6-24-16/h3-7,10-11H,8-9H2,1-2H3/t10-,11+. The molecule has 0 amide bonds. The second-order valence-electron chi connectivity index (χ2n) is 6.23. The third-order valence-electron chi connectivity index (χ3n) is 4.27. The lowest BCUT2D eigenvalue weighted by Crippen LogP contribution is -2.48. The first-order chi connectivity index (χ1) is 11.9. The molecule has 1 saturated heterocycles. The summed E-state index contributed by atoms with van der Waals surface area (Å²) >= 11 is 1.36. The number of sulfonamides is 1. The molecule has 2 atom stereocenters. The lowest BCUT2D eigenvalue weighted by Gasteiger charge is -2.34. The molecule has 1 fully saturated rings. The monoisotopic (exact) mass is 379 g/mol. The Balaban J connectivity index is 1.85. The van der Waals surface area contributed by atoms with Gasteiger partial charge in [0.2, 0.25) is 10.0 Å². The molecule has 0 radical (unpaired) electrons. The van der Waals surface area contributed by atoms with Gasteiger partial charge in [0.05, 0.1) is 28.0 Å². The van der Waals surface area contributed by atoms with E-state index < -0.39 is 15.6 Å². The van der Waals surface area contributed by atoms with Crippen LogP contribution in [0, 0.1) is 0 Å². The average Bonchev–Trinajstić information content (AvgIpc) is 3.02. The molecule has 132 valence electrons. The van der Waals surface area contributed by atoms with Crippen molar-refractivity contribution in [1.29, 1.82) is 0 Å². The molecule has 25 heavy (non-hydrogen) atoms. The second kappa shape index (κ2) is 5.87. The lowest BCUT2D eigenvalue weighted by atomic mass is 10.2. The minimum absolute atomic E-state index is 0.107. The summed E-state index contributed by atoms with van der Waals surface area (Å²) in [6.45, 7) is 4.29. The quantitative estimate of drug-likeness (QED) is 0.677. The van der Waals surface area contributed by atoms with Crippen molar-refractivity contribution >= 4 is 37.2 Å². The van der Waals surface area contributed by atoms with Crippen molar-refractivity contribution in [3.05, 3.63) is 40.1 Å². The van der Waals surface area contributed by atoms with E-state index in [0.29, 0.717) is 29.0 Å². The van der Waals surface area contributed by atoms with Gasteiger partial charge in [-0.1, -0.05) is 0 Å². The maximum absolute atomic E-state index is 13.0. The van der Waals surface area contributed by atoms with Crippen LogP contribution < -0.4 is 5.56 Å². The van der Waals surface area contributed by atoms with E-state index in [2.05, 4.69) is 4.98 Å². The Labute approximate surface area is 148 Å². The molecule has 1 aliphatic heterocycles. The Morgan fingerprint density at radius 3 is 2.68 bits per heavy atom. The van der Waals surface area contributed by atoms with Gasteiger partial charge in [-0.3, -0.25) is 9.20 Å². The van der Waals surface area contributed by atoms with Gasteiger partial charge < -0.3 is 4.74 Å².